The van der Waals surface area contributed by atoms with Crippen molar-refractivity contribution in [3.8, 4) is 0 Å². The molecule has 0 radical (unpaired) electrons. The molecule has 3 rings (SSSR count). The zero-order chi connectivity index (χ0) is 18.2. The van der Waals surface area contributed by atoms with Crippen molar-refractivity contribution in [1.29, 1.82) is 0 Å². The molecule has 0 spiro atoms. The van der Waals surface area contributed by atoms with Gasteiger partial charge in [0.25, 0.3) is 10.0 Å². The molecule has 1 unspecified atom stereocenters. The fourth-order valence-electron chi connectivity index (χ4n) is 2.90. The van der Waals surface area contributed by atoms with Crippen LogP contribution in [-0.2, 0) is 17.1 Å². The summed E-state index contributed by atoms with van der Waals surface area (Å²) >= 11 is 0. The standard InChI is InChI=1S/C14H16FN5O4S/c1-18-7-6-17-14(18)11-9-16-5-8-19(11)25(23,24)12-4-2-3-10(15)13(12)20(21)22/h2-4,6-7,11,16H,5,8-9H2,1H3. The first-order valence-electron chi connectivity index (χ1n) is 7.46. The summed E-state index contributed by atoms with van der Waals surface area (Å²) in [5, 5.41) is 14.3. The number of rotatable bonds is 4. The lowest BCUT2D eigenvalue weighted by Crippen LogP contribution is -2.49. The minimum atomic E-state index is -4.29. The van der Waals surface area contributed by atoms with Crippen molar-refractivity contribution in [2.45, 2.75) is 10.9 Å². The topological polar surface area (TPSA) is 110 Å². The van der Waals surface area contributed by atoms with Crippen LogP contribution in [0.25, 0.3) is 0 Å². The summed E-state index contributed by atoms with van der Waals surface area (Å²) in [5.74, 6) is -0.690. The lowest BCUT2D eigenvalue weighted by molar-refractivity contribution is -0.390. The van der Waals surface area contributed by atoms with E-state index in [-0.39, 0.29) is 6.54 Å². The van der Waals surface area contributed by atoms with E-state index in [0.717, 1.165) is 22.5 Å². The van der Waals surface area contributed by atoms with Crippen LogP contribution in [0.5, 0.6) is 0 Å². The van der Waals surface area contributed by atoms with E-state index in [4.69, 9.17) is 0 Å². The Morgan fingerprint density at radius 2 is 2.20 bits per heavy atom. The van der Waals surface area contributed by atoms with Gasteiger partial charge in [0, 0.05) is 39.1 Å². The predicted octanol–water partition coefficient (Wildman–Crippen LogP) is 0.803. The minimum absolute atomic E-state index is 0.0908. The fourth-order valence-corrected chi connectivity index (χ4v) is 4.65. The Labute approximate surface area is 143 Å². The largest absolute Gasteiger partial charge is 0.337 e. The number of piperazine rings is 1. The lowest BCUT2D eigenvalue weighted by Gasteiger charge is -2.34. The minimum Gasteiger partial charge on any atom is -0.337 e. The summed E-state index contributed by atoms with van der Waals surface area (Å²) in [6.45, 7) is 0.768. The molecular weight excluding hydrogens is 353 g/mol. The van der Waals surface area contributed by atoms with Gasteiger partial charge in [0.15, 0.2) is 4.90 Å². The van der Waals surface area contributed by atoms with Crippen LogP contribution in [0.15, 0.2) is 35.5 Å². The molecule has 1 saturated heterocycles. The van der Waals surface area contributed by atoms with E-state index in [1.807, 2.05) is 0 Å². The van der Waals surface area contributed by atoms with E-state index in [1.165, 1.54) is 0 Å². The number of nitro benzene ring substituents is 1. The number of hydrogen-bond donors (Lipinski definition) is 1. The number of hydrogen-bond acceptors (Lipinski definition) is 6. The third-order valence-electron chi connectivity index (χ3n) is 4.07. The number of nitrogens with zero attached hydrogens (tertiary/aromatic N) is 4. The first-order valence-corrected chi connectivity index (χ1v) is 8.90. The number of sulfonamides is 1. The van der Waals surface area contributed by atoms with E-state index in [9.17, 15) is 22.9 Å². The highest BCUT2D eigenvalue weighted by molar-refractivity contribution is 7.89. The van der Waals surface area contributed by atoms with E-state index < -0.39 is 37.4 Å². The number of aryl methyl sites for hydroxylation is 1. The third kappa shape index (κ3) is 3.01. The van der Waals surface area contributed by atoms with Crippen molar-refractivity contribution in [3.05, 3.63) is 52.3 Å². The molecule has 11 heteroatoms. The number of nitro groups is 1. The molecule has 0 bridgehead atoms. The van der Waals surface area contributed by atoms with E-state index in [0.29, 0.717) is 18.9 Å². The van der Waals surface area contributed by atoms with Gasteiger partial charge < -0.3 is 9.88 Å². The van der Waals surface area contributed by atoms with Crippen molar-refractivity contribution < 1.29 is 17.7 Å². The van der Waals surface area contributed by atoms with Gasteiger partial charge in [-0.15, -0.1) is 0 Å². The van der Waals surface area contributed by atoms with Crippen molar-refractivity contribution in [2.75, 3.05) is 19.6 Å². The molecule has 2 heterocycles. The van der Waals surface area contributed by atoms with Gasteiger partial charge in [0.1, 0.15) is 5.82 Å². The summed E-state index contributed by atoms with van der Waals surface area (Å²) < 4.78 is 42.8. The van der Waals surface area contributed by atoms with Gasteiger partial charge in [-0.2, -0.15) is 8.70 Å². The lowest BCUT2D eigenvalue weighted by atomic mass is 10.2. The number of halogens is 1. The van der Waals surface area contributed by atoms with Crippen molar-refractivity contribution in [2.24, 2.45) is 7.05 Å². The Hall–Kier alpha value is -2.37. The Kier molecular flexibility index (Phi) is 4.54. The highest BCUT2D eigenvalue weighted by atomic mass is 32.2. The zero-order valence-corrected chi connectivity index (χ0v) is 14.1. The summed E-state index contributed by atoms with van der Waals surface area (Å²) in [7, 11) is -2.57. The van der Waals surface area contributed by atoms with Gasteiger partial charge in [-0.05, 0) is 12.1 Å². The molecule has 9 nitrogen and oxygen atoms in total. The molecule has 1 aliphatic rings. The predicted molar refractivity (Wildman–Crippen MR) is 85.8 cm³/mol. The van der Waals surface area contributed by atoms with Crippen LogP contribution in [0, 0.1) is 15.9 Å². The molecule has 134 valence electrons. The highest BCUT2D eigenvalue weighted by Gasteiger charge is 2.40. The quantitative estimate of drug-likeness (QED) is 0.631. The molecule has 1 aromatic carbocycles. The molecule has 25 heavy (non-hydrogen) atoms. The number of para-hydroxylation sites is 1. The third-order valence-corrected chi connectivity index (χ3v) is 6.01. The number of imidazole rings is 1. The van der Waals surface area contributed by atoms with Crippen molar-refractivity contribution >= 4 is 15.7 Å². The first kappa shape index (κ1) is 17.5. The van der Waals surface area contributed by atoms with E-state index in [2.05, 4.69) is 10.3 Å². The Balaban J connectivity index is 2.12. The number of benzene rings is 1. The highest BCUT2D eigenvalue weighted by Crippen LogP contribution is 2.33. The number of nitrogens with one attached hydrogen (secondary N) is 1. The molecule has 0 aliphatic carbocycles. The SMILES string of the molecule is Cn1ccnc1C1CNCCN1S(=O)(=O)c1cccc(F)c1[N+](=O)[O-]. The zero-order valence-electron chi connectivity index (χ0n) is 13.3. The van der Waals surface area contributed by atoms with Crippen molar-refractivity contribution in [1.82, 2.24) is 19.2 Å². The monoisotopic (exact) mass is 369 g/mol. The Morgan fingerprint density at radius 1 is 1.44 bits per heavy atom. The van der Waals surface area contributed by atoms with Gasteiger partial charge in [-0.25, -0.2) is 13.4 Å². The smallest absolute Gasteiger partial charge is 0.324 e. The summed E-state index contributed by atoms with van der Waals surface area (Å²) in [4.78, 5) is 13.7. The second kappa shape index (κ2) is 6.50. The van der Waals surface area contributed by atoms with Crippen LogP contribution in [0.4, 0.5) is 10.1 Å². The molecule has 2 aromatic rings. The maximum Gasteiger partial charge on any atom is 0.324 e. The van der Waals surface area contributed by atoms with Crippen LogP contribution in [0.3, 0.4) is 0 Å². The summed E-state index contributed by atoms with van der Waals surface area (Å²) in [5.41, 5.74) is -1.04. The van der Waals surface area contributed by atoms with Crippen LogP contribution in [0.1, 0.15) is 11.9 Å². The van der Waals surface area contributed by atoms with E-state index >= 15 is 0 Å². The van der Waals surface area contributed by atoms with Crippen molar-refractivity contribution in [3.63, 3.8) is 0 Å². The van der Waals surface area contributed by atoms with E-state index in [1.54, 1.807) is 24.0 Å². The van der Waals surface area contributed by atoms with Gasteiger partial charge in [-0.3, -0.25) is 10.1 Å². The molecule has 1 aromatic heterocycles. The summed E-state index contributed by atoms with van der Waals surface area (Å²) in [6.07, 6.45) is 3.22. The molecule has 1 N–H and O–H groups in total. The van der Waals surface area contributed by atoms with Gasteiger partial charge >= 0.3 is 5.69 Å². The molecule has 0 amide bonds. The second-order valence-electron chi connectivity index (χ2n) is 5.58. The molecule has 0 saturated carbocycles. The second-order valence-corrected chi connectivity index (χ2v) is 7.43. The average Bonchev–Trinajstić information content (AvgIpc) is 3.00. The Bertz CT molecular complexity index is 914. The normalized spacial score (nSPS) is 19.0. The molecule has 1 fully saturated rings. The molecule has 1 atom stereocenters. The first-order chi connectivity index (χ1) is 11.8. The maximum absolute atomic E-state index is 13.9. The van der Waals surface area contributed by atoms with Crippen LogP contribution in [-0.4, -0.2) is 46.8 Å². The maximum atomic E-state index is 13.9. The number of aromatic nitrogens is 2. The van der Waals surface area contributed by atoms with Gasteiger partial charge in [-0.1, -0.05) is 6.07 Å². The van der Waals surface area contributed by atoms with Crippen LogP contribution >= 0.6 is 0 Å². The van der Waals surface area contributed by atoms with Crippen LogP contribution < -0.4 is 5.32 Å². The fraction of sp³-hybridized carbons (Fsp3) is 0.357. The Morgan fingerprint density at radius 3 is 2.84 bits per heavy atom. The van der Waals surface area contributed by atoms with Gasteiger partial charge in [0.2, 0.25) is 5.82 Å². The van der Waals surface area contributed by atoms with Gasteiger partial charge in [0.05, 0.1) is 11.0 Å². The average molecular weight is 369 g/mol. The molecule has 1 aliphatic heterocycles. The molecular formula is C14H16FN5O4S. The van der Waals surface area contributed by atoms with Crippen LogP contribution in [0.2, 0.25) is 0 Å². The summed E-state index contributed by atoms with van der Waals surface area (Å²) in [6, 6.07) is 2.41.